The fourth-order valence-electron chi connectivity index (χ4n) is 3.23. The molecule has 2 saturated carbocycles. The monoisotopic (exact) mass is 307 g/mol. The summed E-state index contributed by atoms with van der Waals surface area (Å²) in [5.41, 5.74) is -0.403. The molecule has 0 amide bonds. The van der Waals surface area contributed by atoms with E-state index in [4.69, 9.17) is 4.74 Å². The lowest BCUT2D eigenvalue weighted by Gasteiger charge is -2.44. The molecule has 2 fully saturated rings. The standard InChI is InChI=1S/C16H28F3NO/c1-14(2,3)12-6-8-15(9-7-12,10-20-13-4-5-13)21-11-16(17,18)19/h12-13,20H,4-11H2,1-3H3. The number of hydrogen-bond donors (Lipinski definition) is 1. The van der Waals surface area contributed by atoms with Gasteiger partial charge >= 0.3 is 6.18 Å². The maximum Gasteiger partial charge on any atom is 0.411 e. The van der Waals surface area contributed by atoms with E-state index in [1.807, 2.05) is 0 Å². The maximum absolute atomic E-state index is 12.5. The molecule has 0 unspecified atom stereocenters. The van der Waals surface area contributed by atoms with Crippen molar-refractivity contribution in [2.24, 2.45) is 11.3 Å². The first-order valence-electron chi connectivity index (χ1n) is 8.04. The summed E-state index contributed by atoms with van der Waals surface area (Å²) in [7, 11) is 0. The van der Waals surface area contributed by atoms with Gasteiger partial charge in [0.05, 0.1) is 5.60 Å². The predicted molar refractivity (Wildman–Crippen MR) is 77.2 cm³/mol. The van der Waals surface area contributed by atoms with Gasteiger partial charge in [-0.2, -0.15) is 13.2 Å². The summed E-state index contributed by atoms with van der Waals surface area (Å²) in [6.45, 7) is 6.07. The Labute approximate surface area is 125 Å². The van der Waals surface area contributed by atoms with Gasteiger partial charge in [0.15, 0.2) is 0 Å². The number of alkyl halides is 3. The smallest absolute Gasteiger partial charge is 0.364 e. The van der Waals surface area contributed by atoms with Gasteiger partial charge < -0.3 is 10.1 Å². The number of halogens is 3. The second-order valence-corrected chi connectivity index (χ2v) is 7.88. The van der Waals surface area contributed by atoms with Gasteiger partial charge in [0.2, 0.25) is 0 Å². The van der Waals surface area contributed by atoms with Crippen LogP contribution in [0.4, 0.5) is 13.2 Å². The first-order chi connectivity index (χ1) is 9.60. The summed E-state index contributed by atoms with van der Waals surface area (Å²) in [4.78, 5) is 0. The van der Waals surface area contributed by atoms with Crippen LogP contribution in [0, 0.1) is 11.3 Å². The van der Waals surface area contributed by atoms with E-state index in [1.165, 1.54) is 0 Å². The quantitative estimate of drug-likeness (QED) is 0.818. The Morgan fingerprint density at radius 3 is 2.05 bits per heavy atom. The van der Waals surface area contributed by atoms with Crippen molar-refractivity contribution in [1.82, 2.24) is 5.32 Å². The van der Waals surface area contributed by atoms with Gasteiger partial charge in [0, 0.05) is 12.6 Å². The molecule has 0 radical (unpaired) electrons. The third kappa shape index (κ3) is 5.44. The lowest BCUT2D eigenvalue weighted by molar-refractivity contribution is -0.212. The molecule has 0 aromatic rings. The molecule has 2 aliphatic carbocycles. The Kier molecular flexibility index (Phi) is 4.94. The zero-order valence-corrected chi connectivity index (χ0v) is 13.4. The van der Waals surface area contributed by atoms with E-state index in [-0.39, 0.29) is 5.41 Å². The van der Waals surface area contributed by atoms with Crippen molar-refractivity contribution in [3.05, 3.63) is 0 Å². The third-order valence-electron chi connectivity index (χ3n) is 4.95. The van der Waals surface area contributed by atoms with Crippen molar-refractivity contribution < 1.29 is 17.9 Å². The lowest BCUT2D eigenvalue weighted by atomic mass is 9.68. The van der Waals surface area contributed by atoms with Crippen LogP contribution < -0.4 is 5.32 Å². The highest BCUT2D eigenvalue weighted by Crippen LogP contribution is 2.43. The maximum atomic E-state index is 12.5. The number of nitrogens with one attached hydrogen (secondary N) is 1. The van der Waals surface area contributed by atoms with Crippen LogP contribution in [0.1, 0.15) is 59.3 Å². The SMILES string of the molecule is CC(C)(C)C1CCC(CNC2CC2)(OCC(F)(F)F)CC1. The second-order valence-electron chi connectivity index (χ2n) is 7.88. The van der Waals surface area contributed by atoms with Crippen molar-refractivity contribution in [3.8, 4) is 0 Å². The molecule has 5 heteroatoms. The van der Waals surface area contributed by atoms with Crippen LogP contribution in [-0.4, -0.2) is 31.0 Å². The van der Waals surface area contributed by atoms with Crippen LogP contribution in [0.2, 0.25) is 0 Å². The highest BCUT2D eigenvalue weighted by molar-refractivity contribution is 4.94. The summed E-state index contributed by atoms with van der Waals surface area (Å²) in [6.07, 6.45) is 1.39. The fourth-order valence-corrected chi connectivity index (χ4v) is 3.23. The Balaban J connectivity index is 1.93. The van der Waals surface area contributed by atoms with Crippen molar-refractivity contribution in [3.63, 3.8) is 0 Å². The van der Waals surface area contributed by atoms with Crippen molar-refractivity contribution in [1.29, 1.82) is 0 Å². The van der Waals surface area contributed by atoms with Crippen LogP contribution in [0.15, 0.2) is 0 Å². The average Bonchev–Trinajstić information content (AvgIpc) is 3.17. The molecule has 0 saturated heterocycles. The molecule has 0 aromatic carbocycles. The topological polar surface area (TPSA) is 21.3 Å². The average molecular weight is 307 g/mol. The minimum Gasteiger partial charge on any atom is -0.364 e. The zero-order valence-electron chi connectivity index (χ0n) is 13.4. The summed E-state index contributed by atoms with van der Waals surface area (Å²) in [5.74, 6) is 0.570. The fraction of sp³-hybridized carbons (Fsp3) is 1.00. The van der Waals surface area contributed by atoms with Crippen molar-refractivity contribution in [2.45, 2.75) is 77.1 Å². The molecule has 124 valence electrons. The molecule has 2 aliphatic rings. The van der Waals surface area contributed by atoms with Gasteiger partial charge in [-0.05, 0) is 49.9 Å². The van der Waals surface area contributed by atoms with Gasteiger partial charge in [-0.1, -0.05) is 20.8 Å². The zero-order chi connectivity index (χ0) is 15.7. The molecular weight excluding hydrogens is 279 g/mol. The van der Waals surface area contributed by atoms with E-state index >= 15 is 0 Å². The molecule has 2 nitrogen and oxygen atoms in total. The minimum absolute atomic E-state index is 0.222. The Bertz CT molecular complexity index is 336. The summed E-state index contributed by atoms with van der Waals surface area (Å²) in [6, 6.07) is 0.497. The highest BCUT2D eigenvalue weighted by Gasteiger charge is 2.42. The van der Waals surface area contributed by atoms with Gasteiger partial charge in [0.1, 0.15) is 6.61 Å². The van der Waals surface area contributed by atoms with Crippen molar-refractivity contribution in [2.75, 3.05) is 13.2 Å². The minimum atomic E-state index is -4.24. The normalized spacial score (nSPS) is 31.4. The van der Waals surface area contributed by atoms with E-state index in [9.17, 15) is 13.2 Å². The molecule has 0 heterocycles. The van der Waals surface area contributed by atoms with Gasteiger partial charge in [-0.15, -0.1) is 0 Å². The van der Waals surface area contributed by atoms with E-state index in [0.717, 1.165) is 38.5 Å². The predicted octanol–water partition coefficient (Wildman–Crippen LogP) is 4.29. The number of hydrogen-bond acceptors (Lipinski definition) is 2. The summed E-state index contributed by atoms with van der Waals surface area (Å²) in [5, 5.41) is 3.36. The largest absolute Gasteiger partial charge is 0.411 e. The second kappa shape index (κ2) is 6.07. The Morgan fingerprint density at radius 1 is 1.05 bits per heavy atom. The van der Waals surface area contributed by atoms with E-state index < -0.39 is 18.4 Å². The number of rotatable bonds is 5. The van der Waals surface area contributed by atoms with Gasteiger partial charge in [-0.25, -0.2) is 0 Å². The third-order valence-corrected chi connectivity index (χ3v) is 4.95. The Morgan fingerprint density at radius 2 is 1.62 bits per heavy atom. The first kappa shape index (κ1) is 17.1. The van der Waals surface area contributed by atoms with Gasteiger partial charge in [-0.3, -0.25) is 0 Å². The van der Waals surface area contributed by atoms with Gasteiger partial charge in [0.25, 0.3) is 0 Å². The number of ether oxygens (including phenoxy) is 1. The van der Waals surface area contributed by atoms with E-state index in [0.29, 0.717) is 18.5 Å². The summed E-state index contributed by atoms with van der Waals surface area (Å²) < 4.78 is 42.9. The molecule has 0 bridgehead atoms. The summed E-state index contributed by atoms with van der Waals surface area (Å²) >= 11 is 0. The van der Waals surface area contributed by atoms with Crippen molar-refractivity contribution >= 4 is 0 Å². The molecule has 0 aliphatic heterocycles. The van der Waals surface area contributed by atoms with Crippen LogP contribution in [0.5, 0.6) is 0 Å². The van der Waals surface area contributed by atoms with E-state index in [1.54, 1.807) is 0 Å². The van der Waals surface area contributed by atoms with Crippen LogP contribution in [0.3, 0.4) is 0 Å². The first-order valence-corrected chi connectivity index (χ1v) is 8.04. The molecule has 1 N–H and O–H groups in total. The molecule has 21 heavy (non-hydrogen) atoms. The highest BCUT2D eigenvalue weighted by atomic mass is 19.4. The molecule has 0 atom stereocenters. The Hall–Kier alpha value is -0.290. The van der Waals surface area contributed by atoms with Crippen LogP contribution in [-0.2, 0) is 4.74 Å². The molecule has 0 aromatic heterocycles. The molecule has 2 rings (SSSR count). The van der Waals surface area contributed by atoms with Crippen LogP contribution in [0.25, 0.3) is 0 Å². The lowest BCUT2D eigenvalue weighted by Crippen LogP contribution is -2.49. The molecular formula is C16H28F3NO. The van der Waals surface area contributed by atoms with Crippen LogP contribution >= 0.6 is 0 Å². The molecule has 0 spiro atoms. The van der Waals surface area contributed by atoms with E-state index in [2.05, 4.69) is 26.1 Å².